The molecule has 0 aromatic heterocycles. The van der Waals surface area contributed by atoms with Gasteiger partial charge in [-0.3, -0.25) is 0 Å². The van der Waals surface area contributed by atoms with Gasteiger partial charge >= 0.3 is 12.4 Å². The number of carbonyl (C=O) groups excluding carboxylic acids is 2. The Balaban J connectivity index is -0.000000427. The van der Waals surface area contributed by atoms with Crippen molar-refractivity contribution < 1.29 is 55.6 Å². The van der Waals surface area contributed by atoms with Crippen LogP contribution in [-0.2, 0) is 44.3 Å². The Morgan fingerprint density at radius 1 is 0.745 bits per heavy atom. The Morgan fingerprint density at radius 3 is 1.72 bits per heavy atom. The third-order valence-electron chi connectivity index (χ3n) is 7.35. The standard InChI is InChI=1S/C27H30F8.2C2H6O.2CH2O.2CH4.H2/c1-25(2,10-9-19-13-21(26(30,31)32)16-22(28)14-19)20-11-18(12-20)6-4-3-5-17-7-8-24(29)23(15-17)27(33,34)35;2*1-3-2;2*1-2;;;/h7-8,13-16,18,20H,3-6,9-12H2,1-2H3;2*1-2H3;2*1H2;2*1H4;1H. The second-order valence-electron chi connectivity index (χ2n) is 11.2. The third kappa shape index (κ3) is 19.5. The van der Waals surface area contributed by atoms with E-state index in [-0.39, 0.29) is 21.7 Å². The minimum atomic E-state index is -4.71. The van der Waals surface area contributed by atoms with Crippen molar-refractivity contribution in [3.8, 4) is 0 Å². The summed E-state index contributed by atoms with van der Waals surface area (Å²) in [5.41, 5.74) is -1.48. The van der Waals surface area contributed by atoms with Crippen molar-refractivity contribution in [2.45, 2.75) is 92.4 Å². The molecule has 2 aromatic carbocycles. The van der Waals surface area contributed by atoms with Gasteiger partial charge in [-0.15, -0.1) is 0 Å². The predicted octanol–water partition coefficient (Wildman–Crippen LogP) is 11.1. The molecular weight excluding hydrogens is 636 g/mol. The van der Waals surface area contributed by atoms with Gasteiger partial charge in [0.05, 0.1) is 11.1 Å². The fourth-order valence-electron chi connectivity index (χ4n) is 4.95. The summed E-state index contributed by atoms with van der Waals surface area (Å²) < 4.78 is 113. The molecule has 0 heterocycles. The number of halogens is 8. The summed E-state index contributed by atoms with van der Waals surface area (Å²) in [5, 5.41) is 0. The summed E-state index contributed by atoms with van der Waals surface area (Å²) in [6.45, 7) is 8.18. The van der Waals surface area contributed by atoms with Gasteiger partial charge in [-0.1, -0.05) is 47.6 Å². The molecule has 3 rings (SSSR count). The van der Waals surface area contributed by atoms with Crippen LogP contribution < -0.4 is 0 Å². The van der Waals surface area contributed by atoms with Crippen LogP contribution in [0.15, 0.2) is 36.4 Å². The Hall–Kier alpha value is -2.86. The molecule has 0 spiro atoms. The van der Waals surface area contributed by atoms with Crippen LogP contribution in [0.5, 0.6) is 0 Å². The maximum atomic E-state index is 13.6. The van der Waals surface area contributed by atoms with Gasteiger partial charge in [-0.25, -0.2) is 8.78 Å². The number of alkyl halides is 6. The summed E-state index contributed by atoms with van der Waals surface area (Å²) in [5.74, 6) is -1.20. The van der Waals surface area contributed by atoms with Crippen LogP contribution in [0.1, 0.15) is 90.9 Å². The molecule has 12 heteroatoms. The number of hydrogen-bond donors (Lipinski definition) is 0. The number of ether oxygens (including phenoxy) is 2. The molecule has 4 nitrogen and oxygen atoms in total. The Labute approximate surface area is 277 Å². The zero-order chi connectivity index (χ0) is 35.4. The number of benzene rings is 2. The molecule has 0 amide bonds. The number of unbranched alkanes of at least 4 members (excludes halogenated alkanes) is 1. The zero-order valence-corrected chi connectivity index (χ0v) is 26.8. The molecule has 0 N–H and O–H groups in total. The van der Waals surface area contributed by atoms with Crippen molar-refractivity contribution in [3.63, 3.8) is 0 Å². The van der Waals surface area contributed by atoms with Crippen molar-refractivity contribution in [2.24, 2.45) is 17.3 Å². The van der Waals surface area contributed by atoms with Gasteiger partial charge in [0.2, 0.25) is 0 Å². The fraction of sp³-hybridized carbons (Fsp3) is 0.600. The molecule has 276 valence electrons. The highest BCUT2D eigenvalue weighted by Crippen LogP contribution is 2.49. The lowest BCUT2D eigenvalue weighted by Gasteiger charge is -2.46. The first kappa shape index (κ1) is 51.0. The molecule has 0 unspecified atom stereocenters. The monoisotopic (exact) mass is 692 g/mol. The maximum absolute atomic E-state index is 13.6. The SMILES string of the molecule is C.C.C=O.C=O.CC(C)(CCc1cc(F)cc(C(F)(F)F)c1)C1CC(CCCCc2ccc(F)c(C(F)(F)F)c2)C1.COC.COC.[HH]. The highest BCUT2D eigenvalue weighted by molar-refractivity contribution is 5.28. The molecule has 1 aliphatic carbocycles. The van der Waals surface area contributed by atoms with E-state index < -0.39 is 35.1 Å². The topological polar surface area (TPSA) is 52.6 Å². The van der Waals surface area contributed by atoms with E-state index in [0.717, 1.165) is 49.9 Å². The zero-order valence-electron chi connectivity index (χ0n) is 26.8. The number of methoxy groups -OCH3 is 2. The van der Waals surface area contributed by atoms with E-state index in [2.05, 4.69) is 23.3 Å². The lowest BCUT2D eigenvalue weighted by Crippen LogP contribution is -2.36. The Morgan fingerprint density at radius 2 is 1.26 bits per heavy atom. The van der Waals surface area contributed by atoms with Gasteiger partial charge in [0.25, 0.3) is 0 Å². The lowest BCUT2D eigenvalue weighted by molar-refractivity contribution is -0.140. The molecule has 47 heavy (non-hydrogen) atoms. The molecule has 0 saturated heterocycles. The van der Waals surface area contributed by atoms with Gasteiger partial charge in [0.15, 0.2) is 0 Å². The summed E-state index contributed by atoms with van der Waals surface area (Å²) in [6.07, 6.45) is -3.28. The first-order valence-corrected chi connectivity index (χ1v) is 14.1. The second kappa shape index (κ2) is 25.2. The summed E-state index contributed by atoms with van der Waals surface area (Å²) >= 11 is 0. The average Bonchev–Trinajstić information content (AvgIpc) is 2.93. The Kier molecular flexibility index (Phi) is 27.3. The number of rotatable bonds is 9. The van der Waals surface area contributed by atoms with Gasteiger partial charge in [-0.05, 0) is 97.2 Å². The minimum Gasteiger partial charge on any atom is -0.388 e. The molecule has 0 aliphatic heterocycles. The van der Waals surface area contributed by atoms with Crippen LogP contribution in [0.25, 0.3) is 0 Å². The van der Waals surface area contributed by atoms with Crippen molar-refractivity contribution in [3.05, 3.63) is 70.3 Å². The van der Waals surface area contributed by atoms with Crippen molar-refractivity contribution >= 4 is 13.6 Å². The molecule has 1 saturated carbocycles. The minimum absolute atomic E-state index is 0. The largest absolute Gasteiger partial charge is 0.419 e. The van der Waals surface area contributed by atoms with Crippen LogP contribution in [-0.4, -0.2) is 42.0 Å². The number of aryl methyl sites for hydroxylation is 2. The van der Waals surface area contributed by atoms with Crippen LogP contribution in [0.3, 0.4) is 0 Å². The predicted molar refractivity (Wildman–Crippen MR) is 174 cm³/mol. The quantitative estimate of drug-likeness (QED) is 0.194. The number of carbonyl (C=O) groups is 2. The fourth-order valence-corrected chi connectivity index (χ4v) is 4.95. The number of hydrogen-bond acceptors (Lipinski definition) is 4. The van der Waals surface area contributed by atoms with Crippen molar-refractivity contribution in [1.82, 2.24) is 0 Å². The average molecular weight is 693 g/mol. The molecule has 0 atom stereocenters. The van der Waals surface area contributed by atoms with Crippen molar-refractivity contribution in [2.75, 3.05) is 28.4 Å². The van der Waals surface area contributed by atoms with Crippen LogP contribution in [0, 0.1) is 28.9 Å². The highest BCUT2D eigenvalue weighted by atomic mass is 19.4. The van der Waals surface area contributed by atoms with Gasteiger partial charge in [0, 0.05) is 29.9 Å². The van der Waals surface area contributed by atoms with Crippen LogP contribution >= 0.6 is 0 Å². The van der Waals surface area contributed by atoms with E-state index in [1.807, 2.05) is 13.6 Å². The molecular formula is C35H56F8O4. The molecule has 1 aliphatic rings. The van der Waals surface area contributed by atoms with E-state index in [1.54, 1.807) is 28.4 Å². The summed E-state index contributed by atoms with van der Waals surface area (Å²) in [6, 6.07) is 5.83. The van der Waals surface area contributed by atoms with Crippen LogP contribution in [0.4, 0.5) is 35.1 Å². The van der Waals surface area contributed by atoms with Gasteiger partial charge < -0.3 is 19.1 Å². The maximum Gasteiger partial charge on any atom is 0.419 e. The lowest BCUT2D eigenvalue weighted by atomic mass is 9.59. The highest BCUT2D eigenvalue weighted by Gasteiger charge is 2.39. The van der Waals surface area contributed by atoms with Gasteiger partial charge in [-0.2, -0.15) is 26.3 Å². The molecule has 1 fully saturated rings. The first-order valence-electron chi connectivity index (χ1n) is 14.1. The third-order valence-corrected chi connectivity index (χ3v) is 7.35. The molecule has 0 bridgehead atoms. The summed E-state index contributed by atoms with van der Waals surface area (Å²) in [7, 11) is 6.50. The van der Waals surface area contributed by atoms with Gasteiger partial charge in [0.1, 0.15) is 25.2 Å². The van der Waals surface area contributed by atoms with Crippen molar-refractivity contribution in [1.29, 1.82) is 0 Å². The van der Waals surface area contributed by atoms with Crippen LogP contribution in [0.2, 0.25) is 0 Å². The smallest absolute Gasteiger partial charge is 0.388 e. The second-order valence-corrected chi connectivity index (χ2v) is 11.2. The van der Waals surface area contributed by atoms with E-state index in [0.29, 0.717) is 54.7 Å². The van der Waals surface area contributed by atoms with E-state index in [4.69, 9.17) is 9.59 Å². The summed E-state index contributed by atoms with van der Waals surface area (Å²) in [4.78, 5) is 16.0. The van der Waals surface area contributed by atoms with E-state index >= 15 is 0 Å². The van der Waals surface area contributed by atoms with E-state index in [1.165, 1.54) is 6.07 Å². The molecule has 2 aromatic rings. The first-order chi connectivity index (χ1) is 21.0. The normalized spacial score (nSPS) is 15.1. The molecule has 0 radical (unpaired) electrons. The van der Waals surface area contributed by atoms with E-state index in [9.17, 15) is 35.1 Å². The Bertz CT molecular complexity index is 1090.